The number of hydrazine groups is 1. The highest BCUT2D eigenvalue weighted by atomic mass is 35.5. The number of aromatic amines is 1. The lowest BCUT2D eigenvalue weighted by Gasteiger charge is -2.08. The summed E-state index contributed by atoms with van der Waals surface area (Å²) >= 11 is 6.01. The van der Waals surface area contributed by atoms with Crippen LogP contribution < -0.4 is 22.5 Å². The van der Waals surface area contributed by atoms with Gasteiger partial charge < -0.3 is 5.43 Å². The molecule has 2 heterocycles. The molecule has 0 saturated heterocycles. The van der Waals surface area contributed by atoms with E-state index in [0.29, 0.717) is 22.1 Å². The van der Waals surface area contributed by atoms with Crippen molar-refractivity contribution in [2.45, 2.75) is 13.5 Å². The Morgan fingerprint density at radius 2 is 2.21 bits per heavy atom. The second-order valence-electron chi connectivity index (χ2n) is 3.97. The number of nitrogens with zero attached hydrogens (tertiary/aromatic N) is 2. The monoisotopic (exact) mass is 281 g/mol. The Morgan fingerprint density at radius 1 is 1.47 bits per heavy atom. The summed E-state index contributed by atoms with van der Waals surface area (Å²) in [4.78, 5) is 29.3. The number of anilines is 1. The predicted octanol–water partition coefficient (Wildman–Crippen LogP) is 0.227. The van der Waals surface area contributed by atoms with Crippen molar-refractivity contribution in [3.63, 3.8) is 0 Å². The lowest BCUT2D eigenvalue weighted by molar-refractivity contribution is 0.699. The largest absolute Gasteiger partial charge is 0.328 e. The van der Waals surface area contributed by atoms with Crippen LogP contribution in [0.4, 0.5) is 5.82 Å². The van der Waals surface area contributed by atoms with Crippen LogP contribution in [0.3, 0.4) is 0 Å². The maximum absolute atomic E-state index is 11.7. The zero-order valence-electron chi connectivity index (χ0n) is 10.1. The molecule has 0 aliphatic carbocycles. The minimum Gasteiger partial charge on any atom is -0.308 e. The number of halogens is 1. The molecule has 0 amide bonds. The van der Waals surface area contributed by atoms with E-state index in [1.54, 1.807) is 19.1 Å². The van der Waals surface area contributed by atoms with Crippen LogP contribution in [0.5, 0.6) is 0 Å². The molecule has 0 radical (unpaired) electrons. The molecule has 0 atom stereocenters. The van der Waals surface area contributed by atoms with Crippen LogP contribution in [-0.2, 0) is 6.54 Å². The van der Waals surface area contributed by atoms with Crippen LogP contribution in [0, 0.1) is 6.92 Å². The smallest absolute Gasteiger partial charge is 0.308 e. The number of nitrogens with two attached hydrogens (primary N) is 1. The van der Waals surface area contributed by atoms with Gasteiger partial charge in [0.15, 0.2) is 0 Å². The number of hydrogen-bond donors (Lipinski definition) is 3. The van der Waals surface area contributed by atoms with Gasteiger partial charge >= 0.3 is 5.69 Å². The summed E-state index contributed by atoms with van der Waals surface area (Å²) in [6.07, 6.45) is 1.46. The average molecular weight is 282 g/mol. The summed E-state index contributed by atoms with van der Waals surface area (Å²) in [5.74, 6) is 5.70. The van der Waals surface area contributed by atoms with Gasteiger partial charge in [0.25, 0.3) is 5.56 Å². The fourth-order valence-electron chi connectivity index (χ4n) is 1.57. The normalized spacial score (nSPS) is 10.5. The van der Waals surface area contributed by atoms with Crippen molar-refractivity contribution in [1.29, 1.82) is 0 Å². The third-order valence-electron chi connectivity index (χ3n) is 2.58. The fraction of sp³-hybridized carbons (Fsp3) is 0.182. The Bertz CT molecular complexity index is 722. The summed E-state index contributed by atoms with van der Waals surface area (Å²) < 4.78 is 1.32. The van der Waals surface area contributed by atoms with E-state index in [1.807, 2.05) is 0 Å². The minimum atomic E-state index is -0.514. The highest BCUT2D eigenvalue weighted by molar-refractivity contribution is 6.31. The van der Waals surface area contributed by atoms with Crippen LogP contribution in [0.1, 0.15) is 11.3 Å². The molecule has 0 aliphatic rings. The van der Waals surface area contributed by atoms with E-state index in [-0.39, 0.29) is 6.54 Å². The van der Waals surface area contributed by atoms with Gasteiger partial charge in [-0.15, -0.1) is 0 Å². The van der Waals surface area contributed by atoms with E-state index in [0.717, 1.165) is 0 Å². The molecule has 2 rings (SSSR count). The summed E-state index contributed by atoms with van der Waals surface area (Å²) in [5, 5.41) is 0.412. The average Bonchev–Trinajstić information content (AvgIpc) is 2.38. The van der Waals surface area contributed by atoms with Gasteiger partial charge in [-0.1, -0.05) is 11.6 Å². The standard InChI is InChI=1S/C11H12ClN5O2/c1-6-4-17(11(19)15-10(6)18)5-8-7(12)2-3-9(14-8)16-13/h2-4H,5,13H2,1H3,(H,14,16)(H,15,18,19). The molecule has 0 saturated carbocycles. The van der Waals surface area contributed by atoms with Gasteiger partial charge in [-0.05, 0) is 19.1 Å². The Labute approximate surface area is 113 Å². The molecule has 0 spiro atoms. The second-order valence-corrected chi connectivity index (χ2v) is 4.38. The summed E-state index contributed by atoms with van der Waals surface area (Å²) in [6, 6.07) is 3.25. The van der Waals surface area contributed by atoms with Gasteiger partial charge in [0.05, 0.1) is 17.3 Å². The zero-order chi connectivity index (χ0) is 14.0. The van der Waals surface area contributed by atoms with Gasteiger partial charge in [0.2, 0.25) is 0 Å². The molecule has 100 valence electrons. The lowest BCUT2D eigenvalue weighted by atomic mass is 10.3. The number of aryl methyl sites for hydroxylation is 1. The molecule has 0 unspecified atom stereocenters. The predicted molar refractivity (Wildman–Crippen MR) is 72.2 cm³/mol. The van der Waals surface area contributed by atoms with Crippen LogP contribution in [0.2, 0.25) is 5.02 Å². The highest BCUT2D eigenvalue weighted by Crippen LogP contribution is 2.16. The van der Waals surface area contributed by atoms with Gasteiger partial charge in [0, 0.05) is 11.8 Å². The SMILES string of the molecule is Cc1cn(Cc2nc(NN)ccc2Cl)c(=O)[nH]c1=O. The maximum Gasteiger partial charge on any atom is 0.328 e. The molecule has 19 heavy (non-hydrogen) atoms. The van der Waals surface area contributed by atoms with Crippen LogP contribution in [-0.4, -0.2) is 14.5 Å². The second kappa shape index (κ2) is 5.25. The third kappa shape index (κ3) is 2.83. The third-order valence-corrected chi connectivity index (χ3v) is 2.92. The number of rotatable bonds is 3. The van der Waals surface area contributed by atoms with E-state index in [1.165, 1.54) is 10.8 Å². The molecule has 0 bridgehead atoms. The fourth-order valence-corrected chi connectivity index (χ4v) is 1.74. The van der Waals surface area contributed by atoms with E-state index in [9.17, 15) is 9.59 Å². The molecule has 0 aromatic carbocycles. The molecule has 0 aliphatic heterocycles. The maximum atomic E-state index is 11.7. The van der Waals surface area contributed by atoms with Crippen LogP contribution in [0.25, 0.3) is 0 Å². The molecule has 2 aromatic heterocycles. The Balaban J connectivity index is 2.44. The van der Waals surface area contributed by atoms with E-state index in [2.05, 4.69) is 15.4 Å². The first kappa shape index (κ1) is 13.3. The Kier molecular flexibility index (Phi) is 3.68. The van der Waals surface area contributed by atoms with Crippen molar-refractivity contribution < 1.29 is 0 Å². The molecular weight excluding hydrogens is 270 g/mol. The number of hydrogen-bond acceptors (Lipinski definition) is 5. The first-order valence-corrected chi connectivity index (χ1v) is 5.81. The van der Waals surface area contributed by atoms with E-state index >= 15 is 0 Å². The number of H-pyrrole nitrogens is 1. The first-order chi connectivity index (χ1) is 9.01. The van der Waals surface area contributed by atoms with Gasteiger partial charge in [-0.25, -0.2) is 15.6 Å². The van der Waals surface area contributed by atoms with Gasteiger partial charge in [0.1, 0.15) is 5.82 Å². The van der Waals surface area contributed by atoms with Gasteiger partial charge in [-0.2, -0.15) is 0 Å². The van der Waals surface area contributed by atoms with Crippen molar-refractivity contribution in [1.82, 2.24) is 14.5 Å². The van der Waals surface area contributed by atoms with Crippen molar-refractivity contribution in [3.05, 3.63) is 55.4 Å². The zero-order valence-corrected chi connectivity index (χ0v) is 10.9. The van der Waals surface area contributed by atoms with Crippen molar-refractivity contribution in [2.75, 3.05) is 5.43 Å². The van der Waals surface area contributed by atoms with E-state index in [4.69, 9.17) is 17.4 Å². The van der Waals surface area contributed by atoms with Crippen molar-refractivity contribution in [2.24, 2.45) is 5.84 Å². The molecule has 7 nitrogen and oxygen atoms in total. The molecular formula is C11H12ClN5O2. The van der Waals surface area contributed by atoms with E-state index < -0.39 is 11.2 Å². The lowest BCUT2D eigenvalue weighted by Crippen LogP contribution is -2.31. The summed E-state index contributed by atoms with van der Waals surface area (Å²) in [6.45, 7) is 1.76. The Hall–Kier alpha value is -2.12. The van der Waals surface area contributed by atoms with Crippen LogP contribution >= 0.6 is 11.6 Å². The van der Waals surface area contributed by atoms with Gasteiger partial charge in [-0.3, -0.25) is 14.3 Å². The molecule has 2 aromatic rings. The molecule has 0 fully saturated rings. The highest BCUT2D eigenvalue weighted by Gasteiger charge is 2.07. The first-order valence-electron chi connectivity index (χ1n) is 5.43. The Morgan fingerprint density at radius 3 is 2.89 bits per heavy atom. The topological polar surface area (TPSA) is 106 Å². The number of pyridine rings is 1. The quantitative estimate of drug-likeness (QED) is 0.551. The number of nitrogens with one attached hydrogen (secondary N) is 2. The van der Waals surface area contributed by atoms with Crippen molar-refractivity contribution >= 4 is 17.4 Å². The minimum absolute atomic E-state index is 0.144. The van der Waals surface area contributed by atoms with Crippen molar-refractivity contribution in [3.8, 4) is 0 Å². The molecule has 8 heteroatoms. The summed E-state index contributed by atoms with van der Waals surface area (Å²) in [5.41, 5.74) is 2.39. The number of aromatic nitrogens is 3. The number of nitrogen functional groups attached to an aromatic ring is 1. The molecule has 4 N–H and O–H groups in total. The summed E-state index contributed by atoms with van der Waals surface area (Å²) in [7, 11) is 0. The van der Waals surface area contributed by atoms with Crippen LogP contribution in [0.15, 0.2) is 27.9 Å².